The van der Waals surface area contributed by atoms with Crippen molar-refractivity contribution in [2.45, 2.75) is 26.1 Å². The van der Waals surface area contributed by atoms with Crippen LogP contribution < -0.4 is 16.0 Å². The number of aromatic nitrogens is 3. The maximum Gasteiger partial charge on any atom is 0.416 e. The van der Waals surface area contributed by atoms with Crippen LogP contribution in [0.3, 0.4) is 0 Å². The molecule has 3 aromatic rings. The zero-order valence-electron chi connectivity index (χ0n) is 18.3. The number of nitrogen functional groups attached to an aromatic ring is 1. The molecule has 1 saturated heterocycles. The lowest BCUT2D eigenvalue weighted by Gasteiger charge is -2.34. The molecule has 3 N–H and O–H groups in total. The first-order valence-electron chi connectivity index (χ1n) is 10.7. The number of benzene rings is 1. The average Bonchev–Trinajstić information content (AvgIpc) is 2.78. The number of nitrogens with zero attached hydrogens (tertiary/aromatic N) is 5. The highest BCUT2D eigenvalue weighted by atomic mass is 35.5. The maximum absolute atomic E-state index is 13.2. The van der Waals surface area contributed by atoms with Crippen LogP contribution in [0.5, 0.6) is 0 Å². The summed E-state index contributed by atoms with van der Waals surface area (Å²) in [7, 11) is 0. The van der Waals surface area contributed by atoms with Crippen molar-refractivity contribution in [3.05, 3.63) is 46.9 Å². The molecule has 11 heteroatoms. The fourth-order valence-corrected chi connectivity index (χ4v) is 4.12. The Hall–Kier alpha value is -2.85. The van der Waals surface area contributed by atoms with Crippen molar-refractivity contribution in [3.63, 3.8) is 0 Å². The standard InChI is InChI=1S/C22H25ClF3N7/c1-3-32-4-6-33(7-5-32)19-11-17-18(12-28-19)30-21(23)31-20(17)29-13(2)14-8-15(22(24,25)26)10-16(27)9-14/h8-13H,3-7,27H2,1-2H3,(H,29,30,31)/t13-/m1/s1. The predicted molar refractivity (Wildman–Crippen MR) is 125 cm³/mol. The van der Waals surface area contributed by atoms with E-state index in [9.17, 15) is 13.2 Å². The third kappa shape index (κ3) is 5.22. The summed E-state index contributed by atoms with van der Waals surface area (Å²) in [5.41, 5.74) is 5.90. The average molecular weight is 480 g/mol. The zero-order valence-corrected chi connectivity index (χ0v) is 19.1. The summed E-state index contributed by atoms with van der Waals surface area (Å²) >= 11 is 6.11. The van der Waals surface area contributed by atoms with Crippen LogP contribution in [0, 0.1) is 0 Å². The van der Waals surface area contributed by atoms with Gasteiger partial charge in [-0.2, -0.15) is 13.2 Å². The summed E-state index contributed by atoms with van der Waals surface area (Å²) < 4.78 is 39.7. The smallest absolute Gasteiger partial charge is 0.399 e. The SMILES string of the molecule is CCN1CCN(c2cc3c(N[C@H](C)c4cc(N)cc(C(F)(F)F)c4)nc(Cl)nc3cn2)CC1. The van der Waals surface area contributed by atoms with Crippen LogP contribution in [0.25, 0.3) is 10.9 Å². The van der Waals surface area contributed by atoms with Crippen LogP contribution >= 0.6 is 11.6 Å². The highest BCUT2D eigenvalue weighted by molar-refractivity contribution is 6.28. The van der Waals surface area contributed by atoms with Crippen LogP contribution in [0.4, 0.5) is 30.5 Å². The number of halogens is 4. The Morgan fingerprint density at radius 2 is 1.85 bits per heavy atom. The van der Waals surface area contributed by atoms with Gasteiger partial charge < -0.3 is 20.9 Å². The van der Waals surface area contributed by atoms with Gasteiger partial charge in [0.1, 0.15) is 11.6 Å². The van der Waals surface area contributed by atoms with E-state index in [1.54, 1.807) is 13.1 Å². The molecule has 176 valence electrons. The molecule has 1 fully saturated rings. The molecule has 1 aromatic carbocycles. The van der Waals surface area contributed by atoms with Crippen molar-refractivity contribution in [2.24, 2.45) is 0 Å². The number of likely N-dealkylation sites (N-methyl/N-ethyl adjacent to an activating group) is 1. The third-order valence-electron chi connectivity index (χ3n) is 5.84. The monoisotopic (exact) mass is 479 g/mol. The van der Waals surface area contributed by atoms with Gasteiger partial charge in [-0.05, 0) is 54.9 Å². The number of fused-ring (bicyclic) bond motifs is 1. The summed E-state index contributed by atoms with van der Waals surface area (Å²) in [6, 6.07) is 4.89. The summed E-state index contributed by atoms with van der Waals surface area (Å²) in [6.07, 6.45) is -2.85. The topological polar surface area (TPSA) is 83.2 Å². The minimum Gasteiger partial charge on any atom is -0.399 e. The van der Waals surface area contributed by atoms with Crippen LogP contribution in [0.1, 0.15) is 31.0 Å². The first-order chi connectivity index (χ1) is 15.6. The molecule has 2 aromatic heterocycles. The van der Waals surface area contributed by atoms with E-state index < -0.39 is 17.8 Å². The largest absolute Gasteiger partial charge is 0.416 e. The molecule has 0 unspecified atom stereocenters. The minimum atomic E-state index is -4.49. The molecule has 0 bridgehead atoms. The van der Waals surface area contributed by atoms with Gasteiger partial charge in [0, 0.05) is 37.3 Å². The summed E-state index contributed by atoms with van der Waals surface area (Å²) in [5.74, 6) is 1.22. The molecule has 0 amide bonds. The number of hydrogen-bond acceptors (Lipinski definition) is 7. The molecular formula is C22H25ClF3N7. The third-order valence-corrected chi connectivity index (χ3v) is 6.01. The molecule has 1 atom stereocenters. The summed E-state index contributed by atoms with van der Waals surface area (Å²) in [5, 5.41) is 3.89. The van der Waals surface area contributed by atoms with Gasteiger partial charge in [0.25, 0.3) is 0 Å². The number of piperazine rings is 1. The molecule has 0 saturated carbocycles. The number of anilines is 3. The summed E-state index contributed by atoms with van der Waals surface area (Å²) in [6.45, 7) is 8.49. The number of alkyl halides is 3. The summed E-state index contributed by atoms with van der Waals surface area (Å²) in [4.78, 5) is 17.7. The molecule has 7 nitrogen and oxygen atoms in total. The Kier molecular flexibility index (Phi) is 6.49. The second-order valence-corrected chi connectivity index (χ2v) is 8.41. The Balaban J connectivity index is 1.65. The van der Waals surface area contributed by atoms with Gasteiger partial charge in [-0.25, -0.2) is 15.0 Å². The maximum atomic E-state index is 13.2. The van der Waals surface area contributed by atoms with Crippen LogP contribution in [0.15, 0.2) is 30.5 Å². The lowest BCUT2D eigenvalue weighted by atomic mass is 10.0. The second-order valence-electron chi connectivity index (χ2n) is 8.07. The van der Waals surface area contributed by atoms with E-state index in [4.69, 9.17) is 17.3 Å². The van der Waals surface area contributed by atoms with Crippen LogP contribution in [-0.4, -0.2) is 52.6 Å². The van der Waals surface area contributed by atoms with Crippen molar-refractivity contribution in [2.75, 3.05) is 48.7 Å². The molecule has 0 aliphatic carbocycles. The first kappa shape index (κ1) is 23.3. The van der Waals surface area contributed by atoms with E-state index in [2.05, 4.69) is 37.0 Å². The lowest BCUT2D eigenvalue weighted by Crippen LogP contribution is -2.46. The quantitative estimate of drug-likeness (QED) is 0.409. The molecule has 1 aliphatic heterocycles. The highest BCUT2D eigenvalue weighted by Crippen LogP contribution is 2.34. The van der Waals surface area contributed by atoms with Gasteiger partial charge >= 0.3 is 6.18 Å². The van der Waals surface area contributed by atoms with Crippen molar-refractivity contribution in [1.82, 2.24) is 19.9 Å². The zero-order chi connectivity index (χ0) is 23.8. The van der Waals surface area contributed by atoms with Gasteiger partial charge in [0.05, 0.1) is 23.3 Å². The predicted octanol–water partition coefficient (Wildman–Crippen LogP) is 4.59. The van der Waals surface area contributed by atoms with E-state index in [-0.39, 0.29) is 11.0 Å². The Labute approximate surface area is 194 Å². The number of nitrogens with one attached hydrogen (secondary N) is 1. The molecule has 33 heavy (non-hydrogen) atoms. The Morgan fingerprint density at radius 1 is 1.12 bits per heavy atom. The fourth-order valence-electron chi connectivity index (χ4n) is 3.95. The molecule has 0 spiro atoms. The van der Waals surface area contributed by atoms with Gasteiger partial charge in [0.2, 0.25) is 5.28 Å². The number of nitrogens with two attached hydrogens (primary N) is 1. The van der Waals surface area contributed by atoms with Crippen LogP contribution in [-0.2, 0) is 6.18 Å². The normalized spacial score (nSPS) is 16.2. The van der Waals surface area contributed by atoms with Gasteiger partial charge in [-0.3, -0.25) is 0 Å². The lowest BCUT2D eigenvalue weighted by molar-refractivity contribution is -0.137. The molecule has 4 rings (SSSR count). The van der Waals surface area contributed by atoms with E-state index >= 15 is 0 Å². The number of hydrogen-bond donors (Lipinski definition) is 2. The second kappa shape index (κ2) is 9.18. The van der Waals surface area contributed by atoms with Crippen LogP contribution in [0.2, 0.25) is 5.28 Å². The Bertz CT molecular complexity index is 1150. The first-order valence-corrected chi connectivity index (χ1v) is 11.1. The van der Waals surface area contributed by atoms with Crippen molar-refractivity contribution < 1.29 is 13.2 Å². The highest BCUT2D eigenvalue weighted by Gasteiger charge is 2.31. The Morgan fingerprint density at radius 3 is 2.52 bits per heavy atom. The van der Waals surface area contributed by atoms with Gasteiger partial charge in [0.15, 0.2) is 0 Å². The minimum absolute atomic E-state index is 0.0202. The molecule has 1 aliphatic rings. The number of rotatable bonds is 5. The van der Waals surface area contributed by atoms with Crippen molar-refractivity contribution in [3.8, 4) is 0 Å². The van der Waals surface area contributed by atoms with Gasteiger partial charge in [-0.1, -0.05) is 6.92 Å². The van der Waals surface area contributed by atoms with Crippen molar-refractivity contribution >= 4 is 39.8 Å². The van der Waals surface area contributed by atoms with Gasteiger partial charge in [-0.15, -0.1) is 0 Å². The molecular weight excluding hydrogens is 455 g/mol. The molecule has 3 heterocycles. The van der Waals surface area contributed by atoms with E-state index in [0.29, 0.717) is 22.3 Å². The van der Waals surface area contributed by atoms with Crippen molar-refractivity contribution in [1.29, 1.82) is 0 Å². The van der Waals surface area contributed by atoms with E-state index in [1.165, 1.54) is 6.07 Å². The van der Waals surface area contributed by atoms with E-state index in [1.807, 2.05) is 6.07 Å². The van der Waals surface area contributed by atoms with E-state index in [0.717, 1.165) is 50.7 Å². The fraction of sp³-hybridized carbons (Fsp3) is 0.409. The molecule has 0 radical (unpaired) electrons. The number of pyridine rings is 1.